The number of halogens is 1. The molecule has 6 nitrogen and oxygen atoms in total. The molecule has 24 heavy (non-hydrogen) atoms. The highest BCUT2D eigenvalue weighted by Gasteiger charge is 2.26. The van der Waals surface area contributed by atoms with E-state index in [4.69, 9.17) is 10.5 Å². The highest BCUT2D eigenvalue weighted by Crippen LogP contribution is 2.19. The Bertz CT molecular complexity index is 645. The Kier molecular flexibility index (Phi) is 6.66. The molecule has 1 aromatic heterocycles. The first kappa shape index (κ1) is 18.3. The summed E-state index contributed by atoms with van der Waals surface area (Å²) in [5.74, 6) is 0.582. The van der Waals surface area contributed by atoms with E-state index in [1.54, 1.807) is 12.4 Å². The van der Waals surface area contributed by atoms with Gasteiger partial charge >= 0.3 is 0 Å². The Morgan fingerprint density at radius 1 is 1.17 bits per heavy atom. The number of anilines is 1. The number of nitrogens with zero attached hydrogens (tertiary/aromatic N) is 2. The largest absolute Gasteiger partial charge is 0.381 e. The van der Waals surface area contributed by atoms with Crippen LogP contribution in [0.4, 0.5) is 5.69 Å². The molecule has 1 atom stereocenters. The zero-order chi connectivity index (χ0) is 16.1. The van der Waals surface area contributed by atoms with Crippen LogP contribution in [0.25, 0.3) is 11.4 Å². The first-order valence-corrected chi connectivity index (χ1v) is 7.75. The predicted octanol–water partition coefficient (Wildman–Crippen LogP) is 2.26. The molecule has 0 radical (unpaired) electrons. The van der Waals surface area contributed by atoms with Crippen molar-refractivity contribution in [3.8, 4) is 11.4 Å². The fourth-order valence-electron chi connectivity index (χ4n) is 2.64. The molecule has 1 unspecified atom stereocenters. The molecule has 0 saturated carbocycles. The van der Waals surface area contributed by atoms with Gasteiger partial charge in [0.15, 0.2) is 5.82 Å². The molecule has 1 amide bonds. The Morgan fingerprint density at radius 2 is 1.79 bits per heavy atom. The normalized spacial score (nSPS) is 16.0. The maximum atomic E-state index is 12.2. The monoisotopic (exact) mass is 348 g/mol. The lowest BCUT2D eigenvalue weighted by molar-refractivity contribution is -0.119. The molecule has 128 valence electrons. The lowest BCUT2D eigenvalue weighted by atomic mass is 9.92. The van der Waals surface area contributed by atoms with E-state index in [0.717, 1.165) is 18.4 Å². The van der Waals surface area contributed by atoms with Gasteiger partial charge < -0.3 is 15.8 Å². The summed E-state index contributed by atoms with van der Waals surface area (Å²) < 4.78 is 5.30. The number of rotatable bonds is 4. The summed E-state index contributed by atoms with van der Waals surface area (Å²) in [5, 5.41) is 2.79. The standard InChI is InChI=1S/C17H20N4O2.ClH/c18-15(12-6-8-23-9-7-12)17(22)21-14-10-19-16(20-11-14)13-4-2-1-3-5-13;/h1-5,10-12,15H,6-9,18H2,(H,21,22);1H. The number of ether oxygens (including phenoxy) is 1. The number of amides is 1. The van der Waals surface area contributed by atoms with Crippen LogP contribution < -0.4 is 11.1 Å². The van der Waals surface area contributed by atoms with Crippen molar-refractivity contribution in [3.05, 3.63) is 42.7 Å². The summed E-state index contributed by atoms with van der Waals surface area (Å²) in [6.07, 6.45) is 4.84. The van der Waals surface area contributed by atoms with Crippen LogP contribution in [0.5, 0.6) is 0 Å². The van der Waals surface area contributed by atoms with E-state index < -0.39 is 6.04 Å². The Morgan fingerprint density at radius 3 is 2.42 bits per heavy atom. The van der Waals surface area contributed by atoms with Gasteiger partial charge in [0, 0.05) is 18.8 Å². The summed E-state index contributed by atoms with van der Waals surface area (Å²) in [6, 6.07) is 9.15. The van der Waals surface area contributed by atoms with Crippen molar-refractivity contribution < 1.29 is 9.53 Å². The number of hydrogen-bond acceptors (Lipinski definition) is 5. The molecule has 2 aromatic rings. The quantitative estimate of drug-likeness (QED) is 0.884. The van der Waals surface area contributed by atoms with Crippen molar-refractivity contribution in [2.75, 3.05) is 18.5 Å². The van der Waals surface area contributed by atoms with Crippen molar-refractivity contribution in [2.45, 2.75) is 18.9 Å². The van der Waals surface area contributed by atoms with Crippen LogP contribution in [0.1, 0.15) is 12.8 Å². The maximum absolute atomic E-state index is 12.2. The third-order valence-corrected chi connectivity index (χ3v) is 4.03. The number of benzene rings is 1. The minimum Gasteiger partial charge on any atom is -0.381 e. The second-order valence-corrected chi connectivity index (χ2v) is 5.63. The smallest absolute Gasteiger partial charge is 0.241 e. The minimum absolute atomic E-state index is 0. The molecule has 0 spiro atoms. The lowest BCUT2D eigenvalue weighted by Gasteiger charge is -2.26. The van der Waals surface area contributed by atoms with E-state index in [1.807, 2.05) is 30.3 Å². The molecule has 3 rings (SSSR count). The van der Waals surface area contributed by atoms with Crippen LogP contribution >= 0.6 is 12.4 Å². The van der Waals surface area contributed by atoms with Crippen molar-refractivity contribution in [1.82, 2.24) is 9.97 Å². The van der Waals surface area contributed by atoms with Gasteiger partial charge in [-0.05, 0) is 18.8 Å². The molecule has 3 N–H and O–H groups in total. The zero-order valence-corrected chi connectivity index (χ0v) is 14.0. The van der Waals surface area contributed by atoms with Crippen molar-refractivity contribution >= 4 is 24.0 Å². The van der Waals surface area contributed by atoms with Gasteiger partial charge in [0.1, 0.15) is 0 Å². The van der Waals surface area contributed by atoms with E-state index in [-0.39, 0.29) is 24.2 Å². The first-order chi connectivity index (χ1) is 11.2. The van der Waals surface area contributed by atoms with Crippen LogP contribution in [-0.4, -0.2) is 35.1 Å². The van der Waals surface area contributed by atoms with Gasteiger partial charge in [-0.1, -0.05) is 30.3 Å². The predicted molar refractivity (Wildman–Crippen MR) is 94.9 cm³/mol. The molecule has 1 fully saturated rings. The molecular formula is C17H21ClN4O2. The molecule has 0 aliphatic carbocycles. The van der Waals surface area contributed by atoms with Gasteiger partial charge in [0.2, 0.25) is 5.91 Å². The summed E-state index contributed by atoms with van der Waals surface area (Å²) >= 11 is 0. The number of carbonyl (C=O) groups excluding carboxylic acids is 1. The fraction of sp³-hybridized carbons (Fsp3) is 0.353. The number of aromatic nitrogens is 2. The topological polar surface area (TPSA) is 90.1 Å². The Labute approximate surface area is 147 Å². The van der Waals surface area contributed by atoms with Crippen LogP contribution in [0, 0.1) is 5.92 Å². The third kappa shape index (κ3) is 4.50. The minimum atomic E-state index is -0.535. The fourth-order valence-corrected chi connectivity index (χ4v) is 2.64. The van der Waals surface area contributed by atoms with Gasteiger partial charge in [-0.25, -0.2) is 9.97 Å². The molecule has 0 bridgehead atoms. The summed E-state index contributed by atoms with van der Waals surface area (Å²) in [4.78, 5) is 20.8. The molecule has 7 heteroatoms. The van der Waals surface area contributed by atoms with E-state index in [2.05, 4.69) is 15.3 Å². The van der Waals surface area contributed by atoms with Crippen molar-refractivity contribution in [3.63, 3.8) is 0 Å². The van der Waals surface area contributed by atoms with Crippen LogP contribution in [-0.2, 0) is 9.53 Å². The first-order valence-electron chi connectivity index (χ1n) is 7.75. The molecule has 2 heterocycles. The molecule has 1 aliphatic heterocycles. The molecule has 1 aromatic carbocycles. The van der Waals surface area contributed by atoms with Gasteiger partial charge in [0.05, 0.1) is 24.1 Å². The average molecular weight is 349 g/mol. The highest BCUT2D eigenvalue weighted by atomic mass is 35.5. The summed E-state index contributed by atoms with van der Waals surface area (Å²) in [7, 11) is 0. The SMILES string of the molecule is Cl.NC(C(=O)Nc1cnc(-c2ccccc2)nc1)C1CCOCC1. The number of hydrogen-bond donors (Lipinski definition) is 2. The van der Waals surface area contributed by atoms with Crippen LogP contribution in [0.3, 0.4) is 0 Å². The van der Waals surface area contributed by atoms with Crippen LogP contribution in [0.15, 0.2) is 42.7 Å². The maximum Gasteiger partial charge on any atom is 0.241 e. The van der Waals surface area contributed by atoms with Gasteiger partial charge in [-0.15, -0.1) is 12.4 Å². The van der Waals surface area contributed by atoms with E-state index in [1.165, 1.54) is 0 Å². The number of nitrogens with one attached hydrogen (secondary N) is 1. The lowest BCUT2D eigenvalue weighted by Crippen LogP contribution is -2.44. The third-order valence-electron chi connectivity index (χ3n) is 4.03. The van der Waals surface area contributed by atoms with Gasteiger partial charge in [-0.3, -0.25) is 4.79 Å². The molecule has 1 aliphatic rings. The summed E-state index contributed by atoms with van der Waals surface area (Å²) in [6.45, 7) is 1.33. The van der Waals surface area contributed by atoms with Gasteiger partial charge in [0.25, 0.3) is 0 Å². The average Bonchev–Trinajstić information content (AvgIpc) is 2.63. The summed E-state index contributed by atoms with van der Waals surface area (Å²) in [5.41, 5.74) is 7.54. The zero-order valence-electron chi connectivity index (χ0n) is 13.2. The van der Waals surface area contributed by atoms with Crippen LogP contribution in [0.2, 0.25) is 0 Å². The second kappa shape index (κ2) is 8.73. The van der Waals surface area contributed by atoms with E-state index >= 15 is 0 Å². The second-order valence-electron chi connectivity index (χ2n) is 5.63. The van der Waals surface area contributed by atoms with E-state index in [9.17, 15) is 4.79 Å². The van der Waals surface area contributed by atoms with E-state index in [0.29, 0.717) is 24.7 Å². The van der Waals surface area contributed by atoms with Gasteiger partial charge in [-0.2, -0.15) is 0 Å². The van der Waals surface area contributed by atoms with Crippen molar-refractivity contribution in [1.29, 1.82) is 0 Å². The number of nitrogens with two attached hydrogens (primary N) is 1. The van der Waals surface area contributed by atoms with Crippen molar-refractivity contribution in [2.24, 2.45) is 11.7 Å². The molecule has 1 saturated heterocycles. The molecular weight excluding hydrogens is 328 g/mol. The number of carbonyl (C=O) groups is 1. The Hall–Kier alpha value is -2.02. The highest BCUT2D eigenvalue weighted by molar-refractivity contribution is 5.94. The Balaban J connectivity index is 0.00000208.